The monoisotopic (exact) mass is 403 g/mol. The predicted octanol–water partition coefficient (Wildman–Crippen LogP) is 3.34. The minimum Gasteiger partial charge on any atom is -0.486 e. The number of para-hydroxylation sites is 1. The van der Waals surface area contributed by atoms with Crippen molar-refractivity contribution in [3.8, 4) is 5.75 Å². The number of carbonyl (C=O) groups excluding carboxylic acids is 1. The van der Waals surface area contributed by atoms with Gasteiger partial charge in [-0.2, -0.15) is 0 Å². The van der Waals surface area contributed by atoms with E-state index in [-0.39, 0.29) is 12.5 Å². The number of nitrogen functional groups attached to an aromatic ring is 1. The summed E-state index contributed by atoms with van der Waals surface area (Å²) in [6, 6.07) is 16.2. The molecule has 9 heteroatoms. The van der Waals surface area contributed by atoms with E-state index in [1.54, 1.807) is 31.2 Å². The van der Waals surface area contributed by atoms with E-state index < -0.39 is 5.25 Å². The first-order valence-electron chi connectivity index (χ1n) is 8.13. The average Bonchev–Trinajstić information content (AvgIpc) is 3.02. The van der Waals surface area contributed by atoms with E-state index in [9.17, 15) is 4.79 Å². The van der Waals surface area contributed by atoms with E-state index in [2.05, 4.69) is 15.5 Å². The molecule has 0 aliphatic carbocycles. The summed E-state index contributed by atoms with van der Waals surface area (Å²) in [4.78, 5) is 12.3. The maximum absolute atomic E-state index is 12.3. The number of nitrogens with one attached hydrogen (secondary N) is 1. The highest BCUT2D eigenvalue weighted by molar-refractivity contribution is 8.00. The first kappa shape index (κ1) is 19.1. The van der Waals surface area contributed by atoms with Crippen molar-refractivity contribution >= 4 is 35.0 Å². The van der Waals surface area contributed by atoms with E-state index in [1.165, 1.54) is 16.4 Å². The predicted molar refractivity (Wildman–Crippen MR) is 106 cm³/mol. The maximum atomic E-state index is 12.3. The number of hydrogen-bond donors (Lipinski definition) is 2. The van der Waals surface area contributed by atoms with Crippen LogP contribution in [0.1, 0.15) is 12.7 Å². The fraction of sp³-hybridized carbons (Fsp3) is 0.167. The number of nitrogens with zero attached hydrogens (tertiary/aromatic N) is 3. The van der Waals surface area contributed by atoms with E-state index in [1.807, 2.05) is 30.3 Å². The minimum absolute atomic E-state index is 0.145. The van der Waals surface area contributed by atoms with Crippen molar-refractivity contribution < 1.29 is 9.53 Å². The highest BCUT2D eigenvalue weighted by Crippen LogP contribution is 2.23. The van der Waals surface area contributed by atoms with Crippen molar-refractivity contribution in [2.45, 2.75) is 23.9 Å². The summed E-state index contributed by atoms with van der Waals surface area (Å²) in [6.07, 6.45) is 0. The lowest BCUT2D eigenvalue weighted by Gasteiger charge is -2.11. The number of nitrogens with two attached hydrogens (primary N) is 1. The molecule has 3 aromatic rings. The van der Waals surface area contributed by atoms with Crippen LogP contribution >= 0.6 is 23.4 Å². The molecule has 1 atom stereocenters. The molecule has 0 aliphatic rings. The minimum atomic E-state index is -0.401. The summed E-state index contributed by atoms with van der Waals surface area (Å²) in [6.45, 7) is 1.93. The van der Waals surface area contributed by atoms with Gasteiger partial charge in [0.1, 0.15) is 12.4 Å². The molecule has 0 radical (unpaired) electrons. The number of thioether (sulfide) groups is 1. The van der Waals surface area contributed by atoms with E-state index in [0.717, 1.165) is 5.69 Å². The van der Waals surface area contributed by atoms with Crippen LogP contribution in [0.4, 0.5) is 5.69 Å². The third-order valence-corrected chi connectivity index (χ3v) is 4.92. The molecule has 140 valence electrons. The van der Waals surface area contributed by atoms with E-state index >= 15 is 0 Å². The molecule has 1 heterocycles. The fourth-order valence-corrected chi connectivity index (χ4v) is 3.06. The molecule has 0 unspecified atom stereocenters. The number of carbonyl (C=O) groups is 1. The largest absolute Gasteiger partial charge is 0.486 e. The quantitative estimate of drug-likeness (QED) is 0.464. The lowest BCUT2D eigenvalue weighted by Crippen LogP contribution is -2.24. The number of amides is 1. The first-order chi connectivity index (χ1) is 13.0. The molecule has 1 aromatic heterocycles. The fourth-order valence-electron chi connectivity index (χ4n) is 2.14. The van der Waals surface area contributed by atoms with Gasteiger partial charge >= 0.3 is 0 Å². The van der Waals surface area contributed by atoms with Crippen LogP contribution in [0.5, 0.6) is 5.75 Å². The molecule has 3 rings (SSSR count). The molecule has 1 amide bonds. The number of hydrogen-bond acceptors (Lipinski definition) is 6. The summed E-state index contributed by atoms with van der Waals surface area (Å²) in [5.74, 6) is 6.98. The highest BCUT2D eigenvalue weighted by Gasteiger charge is 2.19. The molecular weight excluding hydrogens is 386 g/mol. The molecule has 7 nitrogen and oxygen atoms in total. The van der Waals surface area contributed by atoms with Crippen LogP contribution in [0.3, 0.4) is 0 Å². The van der Waals surface area contributed by atoms with Crippen molar-refractivity contribution in [3.63, 3.8) is 0 Å². The van der Waals surface area contributed by atoms with Gasteiger partial charge in [-0.25, -0.2) is 4.68 Å². The Morgan fingerprint density at radius 2 is 1.93 bits per heavy atom. The van der Waals surface area contributed by atoms with Gasteiger partial charge in [-0.05, 0) is 43.3 Å². The zero-order valence-corrected chi connectivity index (χ0v) is 16.1. The second-order valence-corrected chi connectivity index (χ2v) is 7.37. The Kier molecular flexibility index (Phi) is 6.20. The molecule has 0 bridgehead atoms. The van der Waals surface area contributed by atoms with Crippen LogP contribution in [0.15, 0.2) is 59.8 Å². The van der Waals surface area contributed by atoms with Gasteiger partial charge in [-0.3, -0.25) is 4.79 Å². The van der Waals surface area contributed by atoms with Gasteiger partial charge in [-0.15, -0.1) is 10.2 Å². The average molecular weight is 404 g/mol. The summed E-state index contributed by atoms with van der Waals surface area (Å²) in [7, 11) is 0. The standard InChI is InChI=1S/C18H18ClN5O2S/c1-12(17(25)21-14-5-3-2-4-6-14)27-18-23-22-16(24(18)20)11-26-15-9-7-13(19)8-10-15/h2-10,12H,11,20H2,1H3,(H,21,25)/t12-/m0/s1. The third kappa shape index (κ3) is 5.15. The summed E-state index contributed by atoms with van der Waals surface area (Å²) in [5, 5.41) is 11.6. The Morgan fingerprint density at radius 1 is 1.22 bits per heavy atom. The lowest BCUT2D eigenvalue weighted by atomic mass is 10.3. The third-order valence-electron chi connectivity index (χ3n) is 3.61. The van der Waals surface area contributed by atoms with Gasteiger partial charge in [0.25, 0.3) is 0 Å². The van der Waals surface area contributed by atoms with Crippen molar-refractivity contribution in [2.24, 2.45) is 0 Å². The zero-order valence-electron chi connectivity index (χ0n) is 14.5. The number of halogens is 1. The van der Waals surface area contributed by atoms with Gasteiger partial charge in [-0.1, -0.05) is 41.6 Å². The molecule has 3 N–H and O–H groups in total. The van der Waals surface area contributed by atoms with Gasteiger partial charge in [0.05, 0.1) is 5.25 Å². The Balaban J connectivity index is 1.57. The van der Waals surface area contributed by atoms with Crippen molar-refractivity contribution in [1.82, 2.24) is 14.9 Å². The van der Waals surface area contributed by atoms with Crippen molar-refractivity contribution in [2.75, 3.05) is 11.2 Å². The lowest BCUT2D eigenvalue weighted by molar-refractivity contribution is -0.115. The number of benzene rings is 2. The highest BCUT2D eigenvalue weighted by atomic mass is 35.5. The normalized spacial score (nSPS) is 11.8. The van der Waals surface area contributed by atoms with Crippen LogP contribution in [0, 0.1) is 0 Å². The molecule has 0 saturated carbocycles. The van der Waals surface area contributed by atoms with Gasteiger partial charge in [0, 0.05) is 10.7 Å². The number of anilines is 1. The summed E-state index contributed by atoms with van der Waals surface area (Å²) >= 11 is 7.07. The van der Waals surface area contributed by atoms with E-state index in [4.69, 9.17) is 22.2 Å². The topological polar surface area (TPSA) is 95.1 Å². The maximum Gasteiger partial charge on any atom is 0.237 e. The van der Waals surface area contributed by atoms with Crippen LogP contribution in [-0.2, 0) is 11.4 Å². The number of aromatic nitrogens is 3. The Morgan fingerprint density at radius 3 is 2.63 bits per heavy atom. The Bertz CT molecular complexity index is 902. The first-order valence-corrected chi connectivity index (χ1v) is 9.39. The molecule has 0 aliphatic heterocycles. The Labute approximate surface area is 165 Å². The van der Waals surface area contributed by atoms with Crippen LogP contribution in [0.2, 0.25) is 5.02 Å². The molecule has 2 aromatic carbocycles. The smallest absolute Gasteiger partial charge is 0.237 e. The second kappa shape index (κ2) is 8.79. The van der Waals surface area contributed by atoms with Gasteiger partial charge < -0.3 is 15.9 Å². The molecule has 0 fully saturated rings. The molecule has 27 heavy (non-hydrogen) atoms. The Hall–Kier alpha value is -2.71. The van der Waals surface area contributed by atoms with Gasteiger partial charge in [0.2, 0.25) is 11.1 Å². The van der Waals surface area contributed by atoms with Crippen LogP contribution < -0.4 is 15.9 Å². The van der Waals surface area contributed by atoms with Crippen LogP contribution in [0.25, 0.3) is 0 Å². The zero-order chi connectivity index (χ0) is 19.2. The van der Waals surface area contributed by atoms with Crippen LogP contribution in [-0.4, -0.2) is 26.0 Å². The summed E-state index contributed by atoms with van der Waals surface area (Å²) in [5.41, 5.74) is 0.737. The molecular formula is C18H18ClN5O2S. The second-order valence-electron chi connectivity index (χ2n) is 5.63. The molecule has 0 saturated heterocycles. The number of ether oxygens (including phenoxy) is 1. The van der Waals surface area contributed by atoms with Crippen molar-refractivity contribution in [3.05, 3.63) is 65.4 Å². The van der Waals surface area contributed by atoms with Gasteiger partial charge in [0.15, 0.2) is 5.82 Å². The number of rotatable bonds is 7. The van der Waals surface area contributed by atoms with Crippen molar-refractivity contribution in [1.29, 1.82) is 0 Å². The SMILES string of the molecule is C[C@H](Sc1nnc(COc2ccc(Cl)cc2)n1N)C(=O)Nc1ccccc1. The molecule has 0 spiro atoms. The summed E-state index contributed by atoms with van der Waals surface area (Å²) < 4.78 is 6.95. The van der Waals surface area contributed by atoms with E-state index in [0.29, 0.717) is 21.8 Å².